The maximum absolute atomic E-state index is 12.0. The summed E-state index contributed by atoms with van der Waals surface area (Å²) in [6.07, 6.45) is 0.960. The Morgan fingerprint density at radius 2 is 2.09 bits per heavy atom. The van der Waals surface area contributed by atoms with E-state index in [0.29, 0.717) is 11.5 Å². The summed E-state index contributed by atoms with van der Waals surface area (Å²) in [5, 5.41) is 0. The summed E-state index contributed by atoms with van der Waals surface area (Å²) in [6, 6.07) is 4.70. The van der Waals surface area contributed by atoms with Crippen LogP contribution < -0.4 is 9.47 Å². The second-order valence-electron chi connectivity index (χ2n) is 5.21. The topological polar surface area (TPSA) is 65.1 Å². The molecule has 1 atom stereocenters. The minimum atomic E-state index is -0.862. The number of ether oxygens (including phenoxy) is 3. The molecule has 1 saturated heterocycles. The van der Waals surface area contributed by atoms with Crippen LogP contribution in [0.2, 0.25) is 0 Å². The van der Waals surface area contributed by atoms with Crippen molar-refractivity contribution in [1.82, 2.24) is 4.90 Å². The molecule has 1 fully saturated rings. The van der Waals surface area contributed by atoms with E-state index in [9.17, 15) is 9.59 Å². The van der Waals surface area contributed by atoms with Crippen molar-refractivity contribution in [2.24, 2.45) is 0 Å². The Bertz CT molecular complexity index is 557. The molecule has 1 aliphatic rings. The molecule has 22 heavy (non-hydrogen) atoms. The summed E-state index contributed by atoms with van der Waals surface area (Å²) in [7, 11) is 3.57. The largest absolute Gasteiger partial charge is 0.493 e. The van der Waals surface area contributed by atoms with Crippen LogP contribution in [0.3, 0.4) is 0 Å². The molecule has 6 nitrogen and oxygen atoms in total. The lowest BCUT2D eigenvalue weighted by atomic mass is 10.1. The van der Waals surface area contributed by atoms with Gasteiger partial charge in [-0.15, -0.1) is 0 Å². The molecule has 0 saturated carbocycles. The van der Waals surface area contributed by atoms with E-state index < -0.39 is 11.8 Å². The fraction of sp³-hybridized carbons (Fsp3) is 0.500. The molecule has 1 unspecified atom stereocenters. The maximum Gasteiger partial charge on any atom is 0.379 e. The molecular formula is C16H21NO5. The molecule has 0 bridgehead atoms. The van der Waals surface area contributed by atoms with Gasteiger partial charge in [0.25, 0.3) is 5.78 Å². The number of benzene rings is 1. The number of esters is 1. The van der Waals surface area contributed by atoms with E-state index in [2.05, 4.69) is 4.90 Å². The van der Waals surface area contributed by atoms with Gasteiger partial charge in [0, 0.05) is 18.7 Å². The number of nitrogens with zero attached hydrogens (tertiary/aromatic N) is 1. The van der Waals surface area contributed by atoms with Crippen LogP contribution in [0.4, 0.5) is 0 Å². The Balaban J connectivity index is 2.18. The van der Waals surface area contributed by atoms with E-state index in [1.165, 1.54) is 19.2 Å². The number of likely N-dealkylation sites (tertiary alicyclic amines) is 1. The monoisotopic (exact) mass is 307 g/mol. The van der Waals surface area contributed by atoms with Crippen LogP contribution in [0.25, 0.3) is 0 Å². The third-order valence-corrected chi connectivity index (χ3v) is 3.53. The summed E-state index contributed by atoms with van der Waals surface area (Å²) >= 11 is 0. The number of carbonyl (C=O) groups excluding carboxylic acids is 2. The summed E-state index contributed by atoms with van der Waals surface area (Å²) in [5.74, 6) is -0.537. The number of rotatable bonds is 6. The van der Waals surface area contributed by atoms with E-state index in [1.54, 1.807) is 13.0 Å². The maximum atomic E-state index is 12.0. The van der Waals surface area contributed by atoms with Gasteiger partial charge < -0.3 is 19.1 Å². The Morgan fingerprint density at radius 3 is 2.68 bits per heavy atom. The van der Waals surface area contributed by atoms with Crippen molar-refractivity contribution in [1.29, 1.82) is 0 Å². The minimum Gasteiger partial charge on any atom is -0.493 e. The first-order chi connectivity index (χ1) is 10.5. The number of methoxy groups -OCH3 is 1. The molecule has 0 amide bonds. The van der Waals surface area contributed by atoms with Crippen LogP contribution >= 0.6 is 0 Å². The van der Waals surface area contributed by atoms with Gasteiger partial charge in [0.1, 0.15) is 6.10 Å². The fourth-order valence-electron chi connectivity index (χ4n) is 2.39. The third-order valence-electron chi connectivity index (χ3n) is 3.53. The highest BCUT2D eigenvalue weighted by atomic mass is 16.5. The van der Waals surface area contributed by atoms with Gasteiger partial charge in [0.15, 0.2) is 11.5 Å². The lowest BCUT2D eigenvalue weighted by Gasteiger charge is -2.17. The Morgan fingerprint density at radius 1 is 1.32 bits per heavy atom. The zero-order chi connectivity index (χ0) is 16.1. The van der Waals surface area contributed by atoms with Gasteiger partial charge >= 0.3 is 5.97 Å². The first kappa shape index (κ1) is 16.3. The second-order valence-corrected chi connectivity index (χ2v) is 5.21. The normalized spacial score (nSPS) is 18.0. The van der Waals surface area contributed by atoms with Crippen molar-refractivity contribution in [3.8, 4) is 11.5 Å². The van der Waals surface area contributed by atoms with E-state index >= 15 is 0 Å². The molecule has 120 valence electrons. The predicted molar refractivity (Wildman–Crippen MR) is 80.5 cm³/mol. The lowest BCUT2D eigenvalue weighted by molar-refractivity contribution is -0.137. The Labute approximate surface area is 129 Å². The highest BCUT2D eigenvalue weighted by molar-refractivity contribution is 6.40. The quantitative estimate of drug-likeness (QED) is 0.451. The van der Waals surface area contributed by atoms with Crippen molar-refractivity contribution >= 4 is 11.8 Å². The molecule has 0 spiro atoms. The zero-order valence-corrected chi connectivity index (χ0v) is 13.1. The van der Waals surface area contributed by atoms with Gasteiger partial charge in [0.2, 0.25) is 0 Å². The van der Waals surface area contributed by atoms with Gasteiger partial charge in [-0.2, -0.15) is 0 Å². The van der Waals surface area contributed by atoms with Crippen molar-refractivity contribution in [3.05, 3.63) is 23.8 Å². The predicted octanol–water partition coefficient (Wildman–Crippen LogP) is 1.52. The Kier molecular flexibility index (Phi) is 5.38. The first-order valence-corrected chi connectivity index (χ1v) is 7.29. The number of Topliss-reactive ketones (excluding diaryl/α,β-unsaturated/α-hetero) is 1. The summed E-state index contributed by atoms with van der Waals surface area (Å²) in [4.78, 5) is 25.7. The van der Waals surface area contributed by atoms with E-state index in [0.717, 1.165) is 19.5 Å². The molecule has 0 aromatic heterocycles. The van der Waals surface area contributed by atoms with Crippen LogP contribution in [-0.4, -0.2) is 56.6 Å². The van der Waals surface area contributed by atoms with Crippen molar-refractivity contribution in [2.75, 3.05) is 33.9 Å². The first-order valence-electron chi connectivity index (χ1n) is 7.29. The Hall–Kier alpha value is -2.08. The highest BCUT2D eigenvalue weighted by Crippen LogP contribution is 2.30. The van der Waals surface area contributed by atoms with Crippen molar-refractivity contribution in [3.63, 3.8) is 0 Å². The SMILES string of the molecule is CCOC(=O)C(=O)c1ccc(OC)c(OC2CCN(C)C2)c1. The molecule has 2 rings (SSSR count). The lowest BCUT2D eigenvalue weighted by Crippen LogP contribution is -2.22. The number of carbonyl (C=O) groups is 2. The van der Waals surface area contributed by atoms with E-state index in [-0.39, 0.29) is 18.3 Å². The summed E-state index contributed by atoms with van der Waals surface area (Å²) in [6.45, 7) is 3.61. The molecule has 6 heteroatoms. The van der Waals surface area contributed by atoms with Gasteiger partial charge in [0.05, 0.1) is 13.7 Å². The summed E-state index contributed by atoms with van der Waals surface area (Å²) < 4.78 is 15.9. The number of hydrogen-bond acceptors (Lipinski definition) is 6. The van der Waals surface area contributed by atoms with Gasteiger partial charge in [-0.05, 0) is 38.6 Å². The van der Waals surface area contributed by atoms with Crippen LogP contribution in [-0.2, 0) is 9.53 Å². The van der Waals surface area contributed by atoms with E-state index in [1.807, 2.05) is 7.05 Å². The van der Waals surface area contributed by atoms with Crippen molar-refractivity contribution < 1.29 is 23.8 Å². The van der Waals surface area contributed by atoms with Crippen LogP contribution in [0.1, 0.15) is 23.7 Å². The van der Waals surface area contributed by atoms with Gasteiger partial charge in [-0.3, -0.25) is 4.79 Å². The smallest absolute Gasteiger partial charge is 0.379 e. The molecule has 0 N–H and O–H groups in total. The van der Waals surface area contributed by atoms with Crippen LogP contribution in [0, 0.1) is 0 Å². The van der Waals surface area contributed by atoms with Crippen molar-refractivity contribution in [2.45, 2.75) is 19.4 Å². The second kappa shape index (κ2) is 7.26. The highest BCUT2D eigenvalue weighted by Gasteiger charge is 2.24. The molecule has 1 heterocycles. The molecular weight excluding hydrogens is 286 g/mol. The summed E-state index contributed by atoms with van der Waals surface area (Å²) in [5.41, 5.74) is 0.237. The van der Waals surface area contributed by atoms with Gasteiger partial charge in [-0.25, -0.2) is 4.79 Å². The van der Waals surface area contributed by atoms with E-state index in [4.69, 9.17) is 14.2 Å². The standard InChI is InChI=1S/C16H21NO5/c1-4-21-16(19)15(18)11-5-6-13(20-3)14(9-11)22-12-7-8-17(2)10-12/h5-6,9,12H,4,7-8,10H2,1-3H3. The molecule has 1 aromatic carbocycles. The molecule has 1 aromatic rings. The van der Waals surface area contributed by atoms with Gasteiger partial charge in [-0.1, -0.05) is 0 Å². The molecule has 0 radical (unpaired) electrons. The average molecular weight is 307 g/mol. The number of likely N-dealkylation sites (N-methyl/N-ethyl adjacent to an activating group) is 1. The van der Waals surface area contributed by atoms with Crippen LogP contribution in [0.15, 0.2) is 18.2 Å². The van der Waals surface area contributed by atoms with Crippen LogP contribution in [0.5, 0.6) is 11.5 Å². The zero-order valence-electron chi connectivity index (χ0n) is 13.1. The third kappa shape index (κ3) is 3.76. The average Bonchev–Trinajstić information content (AvgIpc) is 2.91. The molecule has 0 aliphatic carbocycles. The molecule has 1 aliphatic heterocycles. The number of hydrogen-bond donors (Lipinski definition) is 0. The fourth-order valence-corrected chi connectivity index (χ4v) is 2.39. The minimum absolute atomic E-state index is 0.0480. The number of ketones is 1.